The lowest BCUT2D eigenvalue weighted by molar-refractivity contribution is -0.149. The van der Waals surface area contributed by atoms with Crippen molar-refractivity contribution in [1.29, 1.82) is 0 Å². The number of unbranched alkanes of at least 4 members (excludes halogenated alkanes) is 2. The van der Waals surface area contributed by atoms with E-state index in [1.807, 2.05) is 158 Å². The van der Waals surface area contributed by atoms with Crippen molar-refractivity contribution in [2.75, 3.05) is 26.3 Å². The average Bonchev–Trinajstić information content (AvgIpc) is 3.47. The minimum absolute atomic E-state index is 0.00538. The molecule has 8 aromatic carbocycles. The molecule has 80 heavy (non-hydrogen) atoms. The van der Waals surface area contributed by atoms with Crippen molar-refractivity contribution in [1.82, 2.24) is 10.6 Å². The van der Waals surface area contributed by atoms with E-state index < -0.39 is 24.0 Å². The third-order valence-electron chi connectivity index (χ3n) is 13.8. The molecule has 0 aliphatic carbocycles. The molecule has 8 rings (SSSR count). The van der Waals surface area contributed by atoms with Crippen LogP contribution in [0.1, 0.15) is 75.3 Å². The number of ether oxygens (including phenoxy) is 4. The van der Waals surface area contributed by atoms with Crippen molar-refractivity contribution < 1.29 is 38.1 Å². The van der Waals surface area contributed by atoms with Crippen LogP contribution in [0.4, 0.5) is 0 Å². The molecule has 414 valence electrons. The first-order valence-corrected chi connectivity index (χ1v) is 27.3. The molecule has 0 fully saturated rings. The summed E-state index contributed by atoms with van der Waals surface area (Å²) < 4.78 is 24.8. The van der Waals surface area contributed by atoms with E-state index >= 15 is 0 Å². The number of benzene rings is 8. The summed E-state index contributed by atoms with van der Waals surface area (Å²) in [4.78, 5) is 62.5. The number of amides is 2. The first-order valence-electron chi connectivity index (χ1n) is 27.3. The zero-order valence-electron chi connectivity index (χ0n) is 44.9. The highest BCUT2D eigenvalue weighted by molar-refractivity contribution is 6.10. The number of guanidine groups is 2. The molecule has 0 spiro atoms. The van der Waals surface area contributed by atoms with E-state index in [0.29, 0.717) is 76.0 Å². The van der Waals surface area contributed by atoms with Crippen molar-refractivity contribution in [3.63, 3.8) is 0 Å². The van der Waals surface area contributed by atoms with Gasteiger partial charge in [-0.1, -0.05) is 146 Å². The Bertz CT molecular complexity index is 3250. The number of aliphatic imine (C=N–C) groups is 2. The number of hydrogen-bond donors (Lipinski definition) is 6. The van der Waals surface area contributed by atoms with E-state index in [4.69, 9.17) is 41.9 Å². The molecule has 0 aromatic heterocycles. The van der Waals surface area contributed by atoms with E-state index in [2.05, 4.69) is 20.6 Å². The molecule has 0 aliphatic heterocycles. The summed E-state index contributed by atoms with van der Waals surface area (Å²) in [5.41, 5.74) is 25.4. The smallest absolute Gasteiger partial charge is 0.328 e. The Morgan fingerprint density at radius 1 is 0.412 bits per heavy atom. The summed E-state index contributed by atoms with van der Waals surface area (Å²) in [5, 5.41) is 13.8. The van der Waals surface area contributed by atoms with Crippen LogP contribution in [-0.4, -0.2) is 74.1 Å². The van der Waals surface area contributed by atoms with Crippen LogP contribution in [0.3, 0.4) is 0 Å². The molecule has 0 radical (unpaired) electrons. The quantitative estimate of drug-likeness (QED) is 0.0111. The second-order valence-electron chi connectivity index (χ2n) is 19.6. The second kappa shape index (κ2) is 29.0. The number of carbonyl (C=O) groups is 4. The topological polar surface area (TPSA) is 258 Å². The molecular weight excluding hydrogens is 1010 g/mol. The normalized spacial score (nSPS) is 11.8. The maximum atomic E-state index is 13.6. The first kappa shape index (κ1) is 57.0. The SMILES string of the molecule is NC(N)=NCCCC[C@@H](NC(=O)CCCOc1ccc2ccccc2c1-c1c(OCCCC(=O)N[C@H](CCCCN=C(N)N)C(=O)OCc2cccc3ccccc23)ccc2ccccc12)C(=O)OCc1cccc2ccccc12. The van der Waals surface area contributed by atoms with Crippen LogP contribution in [0.15, 0.2) is 168 Å². The molecule has 8 aromatic rings. The monoisotopic (exact) mass is 1080 g/mol. The van der Waals surface area contributed by atoms with Gasteiger partial charge in [0.2, 0.25) is 11.8 Å². The van der Waals surface area contributed by atoms with E-state index in [9.17, 15) is 19.2 Å². The minimum Gasteiger partial charge on any atom is -0.493 e. The van der Waals surface area contributed by atoms with Gasteiger partial charge >= 0.3 is 11.9 Å². The van der Waals surface area contributed by atoms with Crippen LogP contribution in [-0.2, 0) is 41.9 Å². The summed E-state index contributed by atoms with van der Waals surface area (Å²) in [5.74, 6) is -0.491. The molecule has 2 atom stereocenters. The number of hydrogen-bond acceptors (Lipinski definition) is 10. The minimum atomic E-state index is -0.880. The fourth-order valence-corrected chi connectivity index (χ4v) is 9.79. The number of nitrogens with zero attached hydrogens (tertiary/aromatic N) is 2. The summed E-state index contributed by atoms with van der Waals surface area (Å²) in [6.07, 6.45) is 3.94. The van der Waals surface area contributed by atoms with Crippen molar-refractivity contribution in [3.8, 4) is 22.6 Å². The Hall–Kier alpha value is -9.18. The number of nitrogens with one attached hydrogen (secondary N) is 2. The van der Waals surface area contributed by atoms with Gasteiger partial charge < -0.3 is 52.5 Å². The highest BCUT2D eigenvalue weighted by Gasteiger charge is 2.25. The summed E-state index contributed by atoms with van der Waals surface area (Å²) in [6, 6.07) is 49.7. The molecule has 0 aliphatic rings. The zero-order valence-corrected chi connectivity index (χ0v) is 44.9. The third-order valence-corrected chi connectivity index (χ3v) is 13.8. The number of fused-ring (bicyclic) bond motifs is 4. The van der Waals surface area contributed by atoms with Gasteiger partial charge in [0.25, 0.3) is 0 Å². The van der Waals surface area contributed by atoms with Gasteiger partial charge in [-0.05, 0) is 118 Å². The second-order valence-corrected chi connectivity index (χ2v) is 19.6. The lowest BCUT2D eigenvalue weighted by Crippen LogP contribution is -2.41. The van der Waals surface area contributed by atoms with Gasteiger partial charge in [-0.25, -0.2) is 9.59 Å². The fraction of sp³-hybridized carbons (Fsp3) is 0.281. The van der Waals surface area contributed by atoms with E-state index in [0.717, 1.165) is 65.3 Å². The predicted octanol–water partition coefficient (Wildman–Crippen LogP) is 9.63. The molecule has 16 heteroatoms. The van der Waals surface area contributed by atoms with Crippen molar-refractivity contribution >= 4 is 78.8 Å². The molecule has 10 N–H and O–H groups in total. The fourth-order valence-electron chi connectivity index (χ4n) is 9.79. The Balaban J connectivity index is 0.917. The molecule has 16 nitrogen and oxygen atoms in total. The third kappa shape index (κ3) is 16.0. The van der Waals surface area contributed by atoms with E-state index in [-0.39, 0.29) is 63.0 Å². The highest BCUT2D eigenvalue weighted by Crippen LogP contribution is 2.45. The molecule has 0 heterocycles. The van der Waals surface area contributed by atoms with Crippen molar-refractivity contribution in [2.45, 2.75) is 89.5 Å². The zero-order chi connectivity index (χ0) is 56.1. The molecule has 0 saturated heterocycles. The molecule has 0 unspecified atom stereocenters. The largest absolute Gasteiger partial charge is 0.493 e. The molecule has 0 saturated carbocycles. The van der Waals surface area contributed by atoms with Crippen LogP contribution in [0.2, 0.25) is 0 Å². The average molecular weight is 1080 g/mol. The number of nitrogens with two attached hydrogens (primary N) is 4. The standard InChI is InChI=1S/C64H70N8O8/c65-63(66)69-37-11-9-29-53(61(75)79-41-47-23-13-21-43-17-1-5-25-49(43)47)71-57(73)31-15-39-77-55-35-33-45-19-3-7-27-51(45)59(55)60-52-28-8-4-20-46(52)34-36-56(60)78-40-16-32-58(74)72-54(30-10-12-38-70-64(67)68)62(76)80-42-48-24-14-22-44-18-2-6-26-50(44)48/h1-8,13-14,17-28,33-36,53-54H,9-12,15-16,29-32,37-42H2,(H,71,73)(H,72,74)(H4,65,66,69)(H4,67,68,70)/t53-,54-/m1/s1. The van der Waals surface area contributed by atoms with Crippen LogP contribution in [0.25, 0.3) is 54.2 Å². The number of carbonyl (C=O) groups excluding carboxylic acids is 4. The predicted molar refractivity (Wildman–Crippen MR) is 317 cm³/mol. The van der Waals surface area contributed by atoms with Gasteiger partial charge in [0.15, 0.2) is 11.9 Å². The van der Waals surface area contributed by atoms with Crippen molar-refractivity contribution in [2.24, 2.45) is 32.9 Å². The maximum absolute atomic E-state index is 13.6. The Morgan fingerprint density at radius 3 is 1.18 bits per heavy atom. The summed E-state index contributed by atoms with van der Waals surface area (Å²) in [6.45, 7) is 1.30. The van der Waals surface area contributed by atoms with Crippen molar-refractivity contribution in [3.05, 3.63) is 169 Å². The summed E-state index contributed by atoms with van der Waals surface area (Å²) >= 11 is 0. The Kier molecular flexibility index (Phi) is 20.7. The summed E-state index contributed by atoms with van der Waals surface area (Å²) in [7, 11) is 0. The molecule has 0 bridgehead atoms. The lowest BCUT2D eigenvalue weighted by Gasteiger charge is -2.20. The van der Waals surface area contributed by atoms with Gasteiger partial charge in [-0.2, -0.15) is 0 Å². The lowest BCUT2D eigenvalue weighted by atomic mass is 9.92. The highest BCUT2D eigenvalue weighted by atomic mass is 16.5. The van der Waals surface area contributed by atoms with Gasteiger partial charge in [0, 0.05) is 37.1 Å². The van der Waals surface area contributed by atoms with Crippen LogP contribution >= 0.6 is 0 Å². The van der Waals surface area contributed by atoms with Crippen LogP contribution < -0.4 is 43.0 Å². The molecule has 2 amide bonds. The number of esters is 2. The van der Waals surface area contributed by atoms with Crippen LogP contribution in [0.5, 0.6) is 11.5 Å². The Labute approximate surface area is 465 Å². The van der Waals surface area contributed by atoms with Gasteiger partial charge in [-0.3, -0.25) is 19.6 Å². The maximum Gasteiger partial charge on any atom is 0.328 e. The molecular formula is C64H70N8O8. The van der Waals surface area contributed by atoms with Gasteiger partial charge in [-0.15, -0.1) is 0 Å². The van der Waals surface area contributed by atoms with E-state index in [1.165, 1.54) is 0 Å². The van der Waals surface area contributed by atoms with Crippen LogP contribution in [0, 0.1) is 0 Å². The van der Waals surface area contributed by atoms with Gasteiger partial charge in [0.05, 0.1) is 13.2 Å². The first-order chi connectivity index (χ1) is 39.0. The number of rotatable bonds is 29. The van der Waals surface area contributed by atoms with Gasteiger partial charge in [0.1, 0.15) is 36.8 Å². The van der Waals surface area contributed by atoms with E-state index in [1.54, 1.807) is 0 Å². The Morgan fingerprint density at radius 2 is 0.775 bits per heavy atom.